The molecule has 126 valence electrons. The number of carbonyl (C=O) groups is 2. The number of nitrogens with one attached hydrogen (secondary N) is 2. The normalized spacial score (nSPS) is 16.8. The Kier molecular flexibility index (Phi) is 6.87. The van der Waals surface area contributed by atoms with Crippen molar-refractivity contribution in [3.8, 4) is 5.75 Å². The molecule has 1 heterocycles. The fourth-order valence-corrected chi connectivity index (χ4v) is 2.38. The van der Waals surface area contributed by atoms with Crippen LogP contribution < -0.4 is 15.4 Å². The summed E-state index contributed by atoms with van der Waals surface area (Å²) in [4.78, 5) is 22.7. The zero-order valence-electron chi connectivity index (χ0n) is 13.5. The smallest absolute Gasteiger partial charge is 0.224 e. The van der Waals surface area contributed by atoms with Gasteiger partial charge in [0.1, 0.15) is 12.4 Å². The van der Waals surface area contributed by atoms with Crippen molar-refractivity contribution in [3.63, 3.8) is 0 Å². The van der Waals surface area contributed by atoms with Gasteiger partial charge in [-0.1, -0.05) is 12.1 Å². The molecule has 6 nitrogen and oxygen atoms in total. The minimum Gasteiger partial charge on any atom is -0.489 e. The molecule has 0 aliphatic carbocycles. The van der Waals surface area contributed by atoms with Crippen LogP contribution in [0.2, 0.25) is 0 Å². The molecule has 1 aliphatic rings. The number of anilines is 1. The molecule has 0 bridgehead atoms. The largest absolute Gasteiger partial charge is 0.489 e. The summed E-state index contributed by atoms with van der Waals surface area (Å²) in [5, 5.41) is 5.53. The molecule has 6 heteroatoms. The SMILES string of the molecule is CC(=O)NCCCC(=O)Nc1ccccc1OCC1CCCO1. The number of rotatable bonds is 8. The third kappa shape index (κ3) is 6.28. The van der Waals surface area contributed by atoms with E-state index in [4.69, 9.17) is 9.47 Å². The van der Waals surface area contributed by atoms with E-state index in [0.29, 0.717) is 37.4 Å². The Labute approximate surface area is 136 Å². The molecule has 1 aromatic rings. The third-order valence-electron chi connectivity index (χ3n) is 3.56. The van der Waals surface area contributed by atoms with Crippen LogP contribution in [0.4, 0.5) is 5.69 Å². The van der Waals surface area contributed by atoms with Crippen LogP contribution in [0.25, 0.3) is 0 Å². The number of carbonyl (C=O) groups excluding carboxylic acids is 2. The van der Waals surface area contributed by atoms with E-state index in [-0.39, 0.29) is 17.9 Å². The standard InChI is InChI=1S/C17H24N2O4/c1-13(20)18-10-4-9-17(21)19-15-7-2-3-8-16(15)23-12-14-6-5-11-22-14/h2-3,7-8,14H,4-6,9-12H2,1H3,(H,18,20)(H,19,21). The monoisotopic (exact) mass is 320 g/mol. The average molecular weight is 320 g/mol. The highest BCUT2D eigenvalue weighted by atomic mass is 16.5. The molecule has 1 aromatic carbocycles. The molecule has 1 fully saturated rings. The van der Waals surface area contributed by atoms with Crippen LogP contribution in [0.3, 0.4) is 0 Å². The first-order valence-corrected chi connectivity index (χ1v) is 8.03. The summed E-state index contributed by atoms with van der Waals surface area (Å²) in [5.41, 5.74) is 0.662. The number of hydrogen-bond acceptors (Lipinski definition) is 4. The number of benzene rings is 1. The molecule has 1 atom stereocenters. The Hall–Kier alpha value is -2.08. The van der Waals surface area contributed by atoms with Gasteiger partial charge < -0.3 is 20.1 Å². The van der Waals surface area contributed by atoms with Crippen molar-refractivity contribution in [1.82, 2.24) is 5.32 Å². The molecule has 0 spiro atoms. The highest BCUT2D eigenvalue weighted by molar-refractivity contribution is 5.92. The minimum atomic E-state index is -0.0940. The number of ether oxygens (including phenoxy) is 2. The van der Waals surface area contributed by atoms with Crippen LogP contribution in [0, 0.1) is 0 Å². The molecule has 1 unspecified atom stereocenters. The van der Waals surface area contributed by atoms with Gasteiger partial charge in [0.05, 0.1) is 11.8 Å². The van der Waals surface area contributed by atoms with Crippen molar-refractivity contribution >= 4 is 17.5 Å². The quantitative estimate of drug-likeness (QED) is 0.719. The number of para-hydroxylation sites is 2. The van der Waals surface area contributed by atoms with Crippen molar-refractivity contribution in [2.75, 3.05) is 25.1 Å². The molecule has 0 aromatic heterocycles. The van der Waals surface area contributed by atoms with E-state index in [0.717, 1.165) is 19.4 Å². The van der Waals surface area contributed by atoms with Gasteiger partial charge in [-0.3, -0.25) is 9.59 Å². The Morgan fingerprint density at radius 3 is 2.91 bits per heavy atom. The van der Waals surface area contributed by atoms with Gasteiger partial charge in [0.25, 0.3) is 0 Å². The highest BCUT2D eigenvalue weighted by Gasteiger charge is 2.17. The van der Waals surface area contributed by atoms with E-state index in [2.05, 4.69) is 10.6 Å². The molecule has 2 N–H and O–H groups in total. The lowest BCUT2D eigenvalue weighted by Gasteiger charge is -2.15. The molecule has 1 aliphatic heterocycles. The maximum absolute atomic E-state index is 12.0. The molecular weight excluding hydrogens is 296 g/mol. The van der Waals surface area contributed by atoms with Gasteiger partial charge in [-0.25, -0.2) is 0 Å². The average Bonchev–Trinajstić information content (AvgIpc) is 3.04. The Morgan fingerprint density at radius 2 is 2.17 bits per heavy atom. The van der Waals surface area contributed by atoms with Gasteiger partial charge in [0.2, 0.25) is 11.8 Å². The molecule has 0 saturated carbocycles. The Balaban J connectivity index is 1.79. The van der Waals surface area contributed by atoms with Crippen molar-refractivity contribution in [2.24, 2.45) is 0 Å². The molecular formula is C17H24N2O4. The van der Waals surface area contributed by atoms with Crippen LogP contribution in [0.1, 0.15) is 32.6 Å². The molecule has 2 rings (SSSR count). The summed E-state index contributed by atoms with van der Waals surface area (Å²) >= 11 is 0. The zero-order chi connectivity index (χ0) is 16.5. The van der Waals surface area contributed by atoms with Crippen LogP contribution in [-0.2, 0) is 14.3 Å². The molecule has 1 saturated heterocycles. The summed E-state index contributed by atoms with van der Waals surface area (Å²) in [5.74, 6) is 0.472. The predicted molar refractivity (Wildman–Crippen MR) is 87.5 cm³/mol. The second kappa shape index (κ2) is 9.15. The van der Waals surface area contributed by atoms with Crippen molar-refractivity contribution < 1.29 is 19.1 Å². The third-order valence-corrected chi connectivity index (χ3v) is 3.56. The minimum absolute atomic E-state index is 0.0849. The predicted octanol–water partition coefficient (Wildman–Crippen LogP) is 2.10. The van der Waals surface area contributed by atoms with E-state index >= 15 is 0 Å². The molecule has 23 heavy (non-hydrogen) atoms. The van der Waals surface area contributed by atoms with Gasteiger partial charge in [-0.15, -0.1) is 0 Å². The summed E-state index contributed by atoms with van der Waals surface area (Å²) in [7, 11) is 0. The topological polar surface area (TPSA) is 76.7 Å². The lowest BCUT2D eigenvalue weighted by Crippen LogP contribution is -2.22. The van der Waals surface area contributed by atoms with Gasteiger partial charge in [0.15, 0.2) is 0 Å². The summed E-state index contributed by atoms with van der Waals surface area (Å²) in [6, 6.07) is 7.38. The van der Waals surface area contributed by atoms with Crippen molar-refractivity contribution in [3.05, 3.63) is 24.3 Å². The molecule has 2 amide bonds. The zero-order valence-corrected chi connectivity index (χ0v) is 13.5. The summed E-state index contributed by atoms with van der Waals surface area (Å²) in [6.45, 7) is 3.25. The van der Waals surface area contributed by atoms with E-state index in [1.807, 2.05) is 24.3 Å². The van der Waals surface area contributed by atoms with E-state index in [9.17, 15) is 9.59 Å². The summed E-state index contributed by atoms with van der Waals surface area (Å²) in [6.07, 6.45) is 3.17. The summed E-state index contributed by atoms with van der Waals surface area (Å²) < 4.78 is 11.3. The van der Waals surface area contributed by atoms with E-state index in [1.54, 1.807) is 0 Å². The van der Waals surface area contributed by atoms with Crippen molar-refractivity contribution in [1.29, 1.82) is 0 Å². The van der Waals surface area contributed by atoms with Crippen molar-refractivity contribution in [2.45, 2.75) is 38.7 Å². The maximum atomic E-state index is 12.0. The molecule has 0 radical (unpaired) electrons. The first-order chi connectivity index (χ1) is 11.1. The fourth-order valence-electron chi connectivity index (χ4n) is 2.38. The fraction of sp³-hybridized carbons (Fsp3) is 0.529. The number of amides is 2. The second-order valence-electron chi connectivity index (χ2n) is 5.58. The van der Waals surface area contributed by atoms with Crippen LogP contribution in [0.15, 0.2) is 24.3 Å². The van der Waals surface area contributed by atoms with Crippen LogP contribution in [0.5, 0.6) is 5.75 Å². The Bertz CT molecular complexity index is 527. The van der Waals surface area contributed by atoms with Gasteiger partial charge in [-0.2, -0.15) is 0 Å². The first kappa shape index (κ1) is 17.3. The first-order valence-electron chi connectivity index (χ1n) is 8.03. The lowest BCUT2D eigenvalue weighted by molar-refractivity contribution is -0.119. The highest BCUT2D eigenvalue weighted by Crippen LogP contribution is 2.25. The van der Waals surface area contributed by atoms with Crippen LogP contribution in [-0.4, -0.2) is 37.7 Å². The number of hydrogen-bond donors (Lipinski definition) is 2. The lowest BCUT2D eigenvalue weighted by atomic mass is 10.2. The van der Waals surface area contributed by atoms with Gasteiger partial charge in [0, 0.05) is 26.5 Å². The Morgan fingerprint density at radius 1 is 1.35 bits per heavy atom. The van der Waals surface area contributed by atoms with Gasteiger partial charge >= 0.3 is 0 Å². The maximum Gasteiger partial charge on any atom is 0.224 e. The van der Waals surface area contributed by atoms with Gasteiger partial charge in [-0.05, 0) is 31.4 Å². The van der Waals surface area contributed by atoms with E-state index in [1.165, 1.54) is 6.92 Å². The van der Waals surface area contributed by atoms with E-state index < -0.39 is 0 Å². The second-order valence-corrected chi connectivity index (χ2v) is 5.58. The van der Waals surface area contributed by atoms with Crippen LogP contribution >= 0.6 is 0 Å².